The largest absolute Gasteiger partial charge is 0.467 e. The van der Waals surface area contributed by atoms with Crippen LogP contribution in [0.3, 0.4) is 0 Å². The third kappa shape index (κ3) is 4.71. The minimum atomic E-state index is -0.420. The molecule has 2 atom stereocenters. The van der Waals surface area contributed by atoms with Crippen LogP contribution in [0.25, 0.3) is 0 Å². The van der Waals surface area contributed by atoms with Crippen molar-refractivity contribution in [3.63, 3.8) is 0 Å². The molecule has 3 rings (SSSR count). The third-order valence-corrected chi connectivity index (χ3v) is 4.93. The molecular formula is C20H26N2O3. The van der Waals surface area contributed by atoms with E-state index in [1.54, 1.807) is 6.26 Å². The van der Waals surface area contributed by atoms with E-state index < -0.39 is 6.10 Å². The molecule has 2 aromatic rings. The molecule has 1 aliphatic heterocycles. The van der Waals surface area contributed by atoms with Crippen molar-refractivity contribution in [3.05, 3.63) is 60.1 Å². The molecule has 5 heteroatoms. The second-order valence-electron chi connectivity index (χ2n) is 6.77. The van der Waals surface area contributed by atoms with Gasteiger partial charge >= 0.3 is 0 Å². The summed E-state index contributed by atoms with van der Waals surface area (Å²) < 4.78 is 5.31. The zero-order valence-electron chi connectivity index (χ0n) is 14.6. The number of rotatable bonds is 6. The van der Waals surface area contributed by atoms with Crippen molar-refractivity contribution >= 4 is 5.91 Å². The molecule has 1 amide bonds. The van der Waals surface area contributed by atoms with Gasteiger partial charge < -0.3 is 14.8 Å². The Morgan fingerprint density at radius 1 is 1.24 bits per heavy atom. The van der Waals surface area contributed by atoms with Gasteiger partial charge in [-0.2, -0.15) is 0 Å². The second-order valence-corrected chi connectivity index (χ2v) is 6.77. The van der Waals surface area contributed by atoms with Crippen molar-refractivity contribution in [1.29, 1.82) is 0 Å². The lowest BCUT2D eigenvalue weighted by atomic mass is 9.87. The van der Waals surface area contributed by atoms with Gasteiger partial charge in [0.1, 0.15) is 5.76 Å². The first-order valence-electron chi connectivity index (χ1n) is 8.91. The number of nitrogens with one attached hydrogen (secondary N) is 1. The number of furan rings is 1. The summed E-state index contributed by atoms with van der Waals surface area (Å²) >= 11 is 0. The highest BCUT2D eigenvalue weighted by atomic mass is 16.3. The van der Waals surface area contributed by atoms with E-state index in [4.69, 9.17) is 4.42 Å². The summed E-state index contributed by atoms with van der Waals surface area (Å²) in [7, 11) is 0. The van der Waals surface area contributed by atoms with E-state index in [0.717, 1.165) is 37.3 Å². The number of carbonyl (C=O) groups is 1. The molecule has 2 N–H and O–H groups in total. The van der Waals surface area contributed by atoms with Crippen LogP contribution in [0.15, 0.2) is 53.1 Å². The van der Waals surface area contributed by atoms with Crippen molar-refractivity contribution in [2.24, 2.45) is 5.92 Å². The van der Waals surface area contributed by atoms with E-state index in [9.17, 15) is 9.90 Å². The fourth-order valence-corrected chi connectivity index (χ4v) is 3.45. The van der Waals surface area contributed by atoms with Crippen molar-refractivity contribution < 1.29 is 14.3 Å². The summed E-state index contributed by atoms with van der Waals surface area (Å²) in [4.78, 5) is 14.4. The predicted molar refractivity (Wildman–Crippen MR) is 95.8 cm³/mol. The first kappa shape index (κ1) is 17.7. The van der Waals surface area contributed by atoms with Crippen molar-refractivity contribution in [2.45, 2.75) is 31.9 Å². The van der Waals surface area contributed by atoms with Crippen LogP contribution in [0.1, 0.15) is 43.2 Å². The summed E-state index contributed by atoms with van der Waals surface area (Å²) in [6, 6.07) is 13.4. The second kappa shape index (κ2) is 8.32. The predicted octanol–water partition coefficient (Wildman–Crippen LogP) is 2.90. The number of aliphatic hydroxyl groups is 1. The monoisotopic (exact) mass is 342 g/mol. The number of aliphatic hydroxyl groups excluding tert-OH is 1. The van der Waals surface area contributed by atoms with Gasteiger partial charge in [0.15, 0.2) is 0 Å². The van der Waals surface area contributed by atoms with Crippen LogP contribution >= 0.6 is 0 Å². The molecule has 2 unspecified atom stereocenters. The Bertz CT molecular complexity index is 649. The maximum absolute atomic E-state index is 12.2. The number of likely N-dealkylation sites (tertiary alicyclic amines) is 1. The summed E-state index contributed by atoms with van der Waals surface area (Å²) in [6.45, 7) is 3.96. The molecule has 0 bridgehead atoms. The van der Waals surface area contributed by atoms with Crippen LogP contribution in [0.5, 0.6) is 0 Å². The summed E-state index contributed by atoms with van der Waals surface area (Å²) in [5.41, 5.74) is 0.978. The smallest absolute Gasteiger partial charge is 0.234 e. The van der Waals surface area contributed by atoms with Crippen LogP contribution in [0.4, 0.5) is 0 Å². The number of carbonyl (C=O) groups excluding carboxylic acids is 1. The average Bonchev–Trinajstić information content (AvgIpc) is 3.17. The minimum Gasteiger partial charge on any atom is -0.467 e. The molecule has 25 heavy (non-hydrogen) atoms. The van der Waals surface area contributed by atoms with E-state index >= 15 is 0 Å². The number of benzene rings is 1. The number of piperidine rings is 1. The van der Waals surface area contributed by atoms with Crippen molar-refractivity contribution in [3.8, 4) is 0 Å². The van der Waals surface area contributed by atoms with Gasteiger partial charge in [-0.15, -0.1) is 0 Å². The molecule has 0 saturated carbocycles. The normalized spacial score (nSPS) is 18.6. The maximum atomic E-state index is 12.2. The third-order valence-electron chi connectivity index (χ3n) is 4.93. The molecule has 0 radical (unpaired) electrons. The lowest BCUT2D eigenvalue weighted by molar-refractivity contribution is -0.123. The molecule has 1 aromatic carbocycles. The molecule has 0 aliphatic carbocycles. The zero-order valence-corrected chi connectivity index (χ0v) is 14.6. The van der Waals surface area contributed by atoms with Crippen LogP contribution in [-0.4, -0.2) is 35.5 Å². The highest BCUT2D eigenvalue weighted by molar-refractivity contribution is 5.78. The van der Waals surface area contributed by atoms with Gasteiger partial charge in [-0.25, -0.2) is 0 Å². The molecule has 134 valence electrons. The first-order chi connectivity index (χ1) is 12.1. The average molecular weight is 342 g/mol. The van der Waals surface area contributed by atoms with Crippen molar-refractivity contribution in [2.75, 3.05) is 19.6 Å². The van der Waals surface area contributed by atoms with Gasteiger partial charge in [0, 0.05) is 0 Å². The number of nitrogens with zero attached hydrogens (tertiary/aromatic N) is 1. The fourth-order valence-electron chi connectivity index (χ4n) is 3.45. The molecule has 1 saturated heterocycles. The lowest BCUT2D eigenvalue weighted by Gasteiger charge is -2.34. The highest BCUT2D eigenvalue weighted by Gasteiger charge is 2.27. The maximum Gasteiger partial charge on any atom is 0.234 e. The summed E-state index contributed by atoms with van der Waals surface area (Å²) in [5, 5.41) is 13.5. The molecule has 1 aromatic heterocycles. The summed E-state index contributed by atoms with van der Waals surface area (Å²) in [6.07, 6.45) is 2.99. The summed E-state index contributed by atoms with van der Waals surface area (Å²) in [5.74, 6) is 1.02. The van der Waals surface area contributed by atoms with E-state index in [1.165, 1.54) is 0 Å². The van der Waals surface area contributed by atoms with Gasteiger partial charge in [-0.1, -0.05) is 30.3 Å². The van der Waals surface area contributed by atoms with Crippen LogP contribution in [0.2, 0.25) is 0 Å². The fraction of sp³-hybridized carbons (Fsp3) is 0.450. The minimum absolute atomic E-state index is 0.00552. The van der Waals surface area contributed by atoms with E-state index in [-0.39, 0.29) is 17.9 Å². The Hall–Kier alpha value is -2.11. The molecule has 1 fully saturated rings. The number of amides is 1. The number of hydrogen-bond donors (Lipinski definition) is 2. The van der Waals surface area contributed by atoms with E-state index in [2.05, 4.69) is 10.2 Å². The van der Waals surface area contributed by atoms with E-state index in [0.29, 0.717) is 6.54 Å². The van der Waals surface area contributed by atoms with Gasteiger partial charge in [0.25, 0.3) is 0 Å². The highest BCUT2D eigenvalue weighted by Crippen LogP contribution is 2.30. The van der Waals surface area contributed by atoms with Gasteiger partial charge in [0.05, 0.1) is 25.0 Å². The molecule has 2 heterocycles. The first-order valence-corrected chi connectivity index (χ1v) is 8.91. The molecular weight excluding hydrogens is 316 g/mol. The zero-order chi connectivity index (χ0) is 17.6. The Morgan fingerprint density at radius 2 is 1.96 bits per heavy atom. The lowest BCUT2D eigenvalue weighted by Crippen LogP contribution is -2.42. The Balaban J connectivity index is 1.44. The van der Waals surface area contributed by atoms with Crippen LogP contribution < -0.4 is 5.32 Å². The molecule has 1 aliphatic rings. The van der Waals surface area contributed by atoms with Gasteiger partial charge in [-0.3, -0.25) is 9.69 Å². The van der Waals surface area contributed by atoms with Crippen LogP contribution in [-0.2, 0) is 4.79 Å². The van der Waals surface area contributed by atoms with Crippen molar-refractivity contribution in [1.82, 2.24) is 10.2 Å². The Labute approximate surface area is 148 Å². The number of hydrogen-bond acceptors (Lipinski definition) is 4. The Kier molecular flexibility index (Phi) is 5.89. The topological polar surface area (TPSA) is 65.7 Å². The SMILES string of the molecule is CC(NC(=O)CN1CCC(C(O)c2ccccc2)CC1)c1ccco1. The standard InChI is InChI=1S/C20H26N2O3/c1-15(18-8-5-13-25-18)21-19(23)14-22-11-9-17(10-12-22)20(24)16-6-3-2-4-7-16/h2-8,13,15,17,20,24H,9-12,14H2,1H3,(H,21,23). The van der Waals surface area contributed by atoms with Gasteiger partial charge in [0.2, 0.25) is 5.91 Å². The quantitative estimate of drug-likeness (QED) is 0.847. The molecule has 0 spiro atoms. The molecule has 5 nitrogen and oxygen atoms in total. The van der Waals surface area contributed by atoms with E-state index in [1.807, 2.05) is 49.4 Å². The van der Waals surface area contributed by atoms with Gasteiger partial charge in [-0.05, 0) is 56.5 Å². The van der Waals surface area contributed by atoms with Crippen LogP contribution in [0, 0.1) is 5.92 Å². The Morgan fingerprint density at radius 3 is 2.60 bits per heavy atom.